The third-order valence-electron chi connectivity index (χ3n) is 6.14. The Morgan fingerprint density at radius 2 is 1.91 bits per heavy atom. The number of benzene rings is 2. The summed E-state index contributed by atoms with van der Waals surface area (Å²) in [4.78, 5) is 27.9. The maximum Gasteiger partial charge on any atom is 0.348 e. The molecule has 34 heavy (non-hydrogen) atoms. The summed E-state index contributed by atoms with van der Waals surface area (Å²) in [5.41, 5.74) is 3.66. The minimum absolute atomic E-state index is 0.260. The average Bonchev–Trinajstić information content (AvgIpc) is 3.58. The van der Waals surface area contributed by atoms with E-state index in [1.165, 1.54) is 17.5 Å². The number of hydrogen-bond donors (Lipinski definition) is 2. The first kappa shape index (κ1) is 23.5. The summed E-state index contributed by atoms with van der Waals surface area (Å²) in [7, 11) is 0. The fraction of sp³-hybridized carbons (Fsp3) is 0.370. The molecule has 0 saturated heterocycles. The van der Waals surface area contributed by atoms with E-state index in [-0.39, 0.29) is 18.1 Å². The van der Waals surface area contributed by atoms with Gasteiger partial charge in [-0.25, -0.2) is 9.18 Å². The van der Waals surface area contributed by atoms with Crippen LogP contribution in [0.3, 0.4) is 0 Å². The van der Waals surface area contributed by atoms with Crippen LogP contribution >= 0.6 is 0 Å². The van der Waals surface area contributed by atoms with Crippen LogP contribution in [0.2, 0.25) is 0 Å². The zero-order valence-electron chi connectivity index (χ0n) is 20.0. The number of hydrogen-bond acceptors (Lipinski definition) is 3. The molecule has 0 radical (unpaired) electrons. The smallest absolute Gasteiger partial charge is 0.348 e. The van der Waals surface area contributed by atoms with Crippen LogP contribution in [0.4, 0.5) is 4.39 Å². The molecule has 6 nitrogen and oxygen atoms in total. The van der Waals surface area contributed by atoms with E-state index in [0.29, 0.717) is 17.4 Å². The van der Waals surface area contributed by atoms with Crippen LogP contribution in [-0.2, 0) is 11.3 Å². The van der Waals surface area contributed by atoms with Crippen molar-refractivity contribution in [2.75, 3.05) is 6.67 Å². The Hall–Kier alpha value is -3.66. The Bertz CT molecular complexity index is 1340. The summed E-state index contributed by atoms with van der Waals surface area (Å²) in [5.74, 6) is 7.03. The minimum atomic E-state index is -1.08. The number of carbonyl (C=O) groups excluding carboxylic acids is 1. The van der Waals surface area contributed by atoms with Gasteiger partial charge >= 0.3 is 5.69 Å². The van der Waals surface area contributed by atoms with Crippen LogP contribution in [0.15, 0.2) is 41.2 Å². The molecule has 2 N–H and O–H groups in total. The third kappa shape index (κ3) is 4.96. The molecule has 1 aliphatic rings. The van der Waals surface area contributed by atoms with Gasteiger partial charge in [-0.1, -0.05) is 24.0 Å². The lowest BCUT2D eigenvalue weighted by Gasteiger charge is -2.20. The molecule has 1 aromatic heterocycles. The van der Waals surface area contributed by atoms with Crippen LogP contribution in [-0.4, -0.2) is 27.3 Å². The second kappa shape index (κ2) is 9.30. The van der Waals surface area contributed by atoms with Gasteiger partial charge in [-0.3, -0.25) is 9.78 Å². The van der Waals surface area contributed by atoms with Gasteiger partial charge < -0.3 is 5.32 Å². The van der Waals surface area contributed by atoms with Gasteiger partial charge in [0.25, 0.3) is 0 Å². The lowest BCUT2D eigenvalue weighted by Crippen LogP contribution is -2.38. The predicted molar refractivity (Wildman–Crippen MR) is 130 cm³/mol. The van der Waals surface area contributed by atoms with E-state index >= 15 is 0 Å². The van der Waals surface area contributed by atoms with Gasteiger partial charge in [-0.05, 0) is 81.5 Å². The molecular formula is C27H29FN4O2. The van der Waals surface area contributed by atoms with Crippen LogP contribution in [0.1, 0.15) is 48.9 Å². The van der Waals surface area contributed by atoms with Gasteiger partial charge in [-0.2, -0.15) is 4.68 Å². The number of nitrogens with zero attached hydrogens (tertiary/aromatic N) is 2. The first-order valence-corrected chi connectivity index (χ1v) is 11.4. The monoisotopic (exact) mass is 460 g/mol. The van der Waals surface area contributed by atoms with Gasteiger partial charge in [0.15, 0.2) is 5.82 Å². The Labute approximate surface area is 198 Å². The molecule has 1 aliphatic carbocycles. The van der Waals surface area contributed by atoms with Crippen LogP contribution < -0.4 is 11.0 Å². The normalized spacial score (nSPS) is 13.3. The van der Waals surface area contributed by atoms with Crippen molar-refractivity contribution in [1.82, 2.24) is 20.1 Å². The molecule has 0 spiro atoms. The molecule has 1 fully saturated rings. The minimum Gasteiger partial charge on any atom is -0.351 e. The maximum atomic E-state index is 13.1. The molecule has 0 aliphatic heterocycles. The molecule has 3 aromatic rings. The number of aromatic nitrogens is 3. The number of halogens is 1. The molecular weight excluding hydrogens is 431 g/mol. The zero-order chi connectivity index (χ0) is 24.5. The Morgan fingerprint density at radius 3 is 2.56 bits per heavy atom. The van der Waals surface area contributed by atoms with Gasteiger partial charge in [0.2, 0.25) is 5.91 Å². The lowest BCUT2D eigenvalue weighted by atomic mass is 9.93. The van der Waals surface area contributed by atoms with E-state index in [9.17, 15) is 14.0 Å². The highest BCUT2D eigenvalue weighted by Crippen LogP contribution is 2.28. The van der Waals surface area contributed by atoms with Crippen molar-refractivity contribution < 1.29 is 9.18 Å². The lowest BCUT2D eigenvalue weighted by molar-refractivity contribution is -0.130. The zero-order valence-corrected chi connectivity index (χ0v) is 20.0. The van der Waals surface area contributed by atoms with Crippen molar-refractivity contribution in [3.8, 4) is 28.9 Å². The fourth-order valence-electron chi connectivity index (χ4n) is 3.63. The molecule has 1 heterocycles. The number of aryl methyl sites for hydroxylation is 1. The highest BCUT2D eigenvalue weighted by Gasteiger charge is 2.27. The molecule has 176 valence electrons. The van der Waals surface area contributed by atoms with E-state index in [1.54, 1.807) is 13.8 Å². The summed E-state index contributed by atoms with van der Waals surface area (Å²) in [6.07, 6.45) is 2.36. The topological polar surface area (TPSA) is 79.8 Å². The Kier molecular flexibility index (Phi) is 6.43. The van der Waals surface area contributed by atoms with Crippen molar-refractivity contribution in [3.05, 3.63) is 69.1 Å². The molecule has 2 aromatic carbocycles. The standard InChI is InChI=1S/C27H29FN4O2/c1-17-5-12-21(15-29-25(33)27(3,4)16-28)18(2)23(17)24-30-26(34)32(31-24)22-13-10-20(11-14-22)9-8-19-6-7-19/h5,10-14,19H,6-7,15-16H2,1-4H3,(H,29,33)(H,30,31,34). The summed E-state index contributed by atoms with van der Waals surface area (Å²) >= 11 is 0. The number of nitrogens with one attached hydrogen (secondary N) is 2. The number of carbonyl (C=O) groups is 1. The number of H-pyrrole nitrogens is 1. The fourth-order valence-corrected chi connectivity index (χ4v) is 3.63. The maximum absolute atomic E-state index is 13.1. The number of aromatic amines is 1. The molecule has 7 heteroatoms. The van der Waals surface area contributed by atoms with Crippen molar-refractivity contribution in [2.24, 2.45) is 11.3 Å². The highest BCUT2D eigenvalue weighted by molar-refractivity contribution is 5.82. The highest BCUT2D eigenvalue weighted by atomic mass is 19.1. The Balaban J connectivity index is 1.60. The second-order valence-corrected chi connectivity index (χ2v) is 9.52. The summed E-state index contributed by atoms with van der Waals surface area (Å²) < 4.78 is 14.5. The SMILES string of the molecule is Cc1ccc(CNC(=O)C(C)(C)CF)c(C)c1-c1nn(-c2ccc(C#CC3CC3)cc2)c(=O)[nH]1. The van der Waals surface area contributed by atoms with Gasteiger partial charge in [0.05, 0.1) is 11.1 Å². The van der Waals surface area contributed by atoms with E-state index < -0.39 is 12.1 Å². The Morgan fingerprint density at radius 1 is 1.21 bits per heavy atom. The summed E-state index contributed by atoms with van der Waals surface area (Å²) in [6, 6.07) is 11.3. The summed E-state index contributed by atoms with van der Waals surface area (Å²) in [6.45, 7) is 6.54. The number of amides is 1. The van der Waals surface area contributed by atoms with Crippen molar-refractivity contribution in [1.29, 1.82) is 0 Å². The average molecular weight is 461 g/mol. The van der Waals surface area contributed by atoms with E-state index in [2.05, 4.69) is 27.2 Å². The largest absolute Gasteiger partial charge is 0.351 e. The van der Waals surface area contributed by atoms with E-state index in [0.717, 1.165) is 27.8 Å². The van der Waals surface area contributed by atoms with Gasteiger partial charge in [-0.15, -0.1) is 5.10 Å². The predicted octanol–water partition coefficient (Wildman–Crippen LogP) is 4.22. The summed E-state index contributed by atoms with van der Waals surface area (Å²) in [5, 5.41) is 7.36. The molecule has 1 saturated carbocycles. The van der Waals surface area contributed by atoms with Crippen molar-refractivity contribution >= 4 is 5.91 Å². The molecule has 0 unspecified atom stereocenters. The number of alkyl halides is 1. The molecule has 0 atom stereocenters. The van der Waals surface area contributed by atoms with Crippen LogP contribution in [0.25, 0.3) is 17.1 Å². The van der Waals surface area contributed by atoms with Crippen molar-refractivity contribution in [2.45, 2.75) is 47.1 Å². The molecule has 0 bridgehead atoms. The first-order valence-electron chi connectivity index (χ1n) is 11.4. The number of rotatable bonds is 6. The molecule has 4 rings (SSSR count). The van der Waals surface area contributed by atoms with E-state index in [1.807, 2.05) is 50.2 Å². The van der Waals surface area contributed by atoms with E-state index in [4.69, 9.17) is 0 Å². The third-order valence-corrected chi connectivity index (χ3v) is 6.14. The van der Waals surface area contributed by atoms with Gasteiger partial charge in [0.1, 0.15) is 6.67 Å². The quantitative estimate of drug-likeness (QED) is 0.541. The van der Waals surface area contributed by atoms with Crippen molar-refractivity contribution in [3.63, 3.8) is 0 Å². The van der Waals surface area contributed by atoms with Gasteiger partial charge in [0, 0.05) is 23.6 Å². The van der Waals surface area contributed by atoms with Crippen LogP contribution in [0.5, 0.6) is 0 Å². The first-order chi connectivity index (χ1) is 16.2. The van der Waals surface area contributed by atoms with Crippen LogP contribution in [0, 0.1) is 37.0 Å². The second-order valence-electron chi connectivity index (χ2n) is 9.52. The molecule has 1 amide bonds.